The molecule has 0 atom stereocenters. The molecule has 8 nitrogen and oxygen atoms in total. The molecule has 164 valence electrons. The van der Waals surface area contributed by atoms with Crippen LogP contribution >= 0.6 is 0 Å². The second kappa shape index (κ2) is 7.28. The molecule has 0 radical (unpaired) electrons. The zero-order valence-electron chi connectivity index (χ0n) is 17.2. The standard InChI is InChI=1S/C26H12O8/c27-23-19-7-5-17(11-21(19)25(29)33-23)31-15-3-1-13-2-4-16(10-14(13)9-15)32-18-6-8-20-22(12-18)26(30)34-24(20)28/h1-12H. The van der Waals surface area contributed by atoms with Gasteiger partial charge in [-0.05, 0) is 71.4 Å². The van der Waals surface area contributed by atoms with Crippen LogP contribution in [-0.2, 0) is 9.47 Å². The number of fused-ring (bicyclic) bond motifs is 3. The number of hydrogen-bond acceptors (Lipinski definition) is 8. The third-order valence-corrected chi connectivity index (χ3v) is 5.49. The average Bonchev–Trinajstić information content (AvgIpc) is 3.27. The van der Waals surface area contributed by atoms with E-state index in [1.54, 1.807) is 36.4 Å². The maximum absolute atomic E-state index is 11.8. The van der Waals surface area contributed by atoms with E-state index < -0.39 is 23.9 Å². The van der Waals surface area contributed by atoms with Gasteiger partial charge in [0.25, 0.3) is 0 Å². The number of carbonyl (C=O) groups excluding carboxylic acids is 4. The molecule has 0 saturated carbocycles. The summed E-state index contributed by atoms with van der Waals surface area (Å²) in [6.45, 7) is 0. The summed E-state index contributed by atoms with van der Waals surface area (Å²) in [6.07, 6.45) is 0. The molecule has 6 rings (SSSR count). The lowest BCUT2D eigenvalue weighted by atomic mass is 10.1. The fourth-order valence-electron chi connectivity index (χ4n) is 3.86. The van der Waals surface area contributed by atoms with Gasteiger partial charge >= 0.3 is 23.9 Å². The molecule has 4 aromatic carbocycles. The summed E-state index contributed by atoms with van der Waals surface area (Å²) < 4.78 is 21.0. The Morgan fingerprint density at radius 2 is 0.794 bits per heavy atom. The smallest absolute Gasteiger partial charge is 0.347 e. The predicted octanol–water partition coefficient (Wildman–Crippen LogP) is 5.05. The number of hydrogen-bond donors (Lipinski definition) is 0. The molecular weight excluding hydrogens is 440 g/mol. The highest BCUT2D eigenvalue weighted by molar-refractivity contribution is 6.15. The van der Waals surface area contributed by atoms with Gasteiger partial charge in [-0.2, -0.15) is 0 Å². The van der Waals surface area contributed by atoms with Gasteiger partial charge in [0.1, 0.15) is 23.0 Å². The summed E-state index contributed by atoms with van der Waals surface area (Å²) in [5.74, 6) is -0.936. The van der Waals surface area contributed by atoms with Crippen molar-refractivity contribution in [2.24, 2.45) is 0 Å². The summed E-state index contributed by atoms with van der Waals surface area (Å²) in [5.41, 5.74) is 0.751. The van der Waals surface area contributed by atoms with E-state index in [2.05, 4.69) is 9.47 Å². The van der Waals surface area contributed by atoms with Crippen molar-refractivity contribution in [3.05, 3.63) is 95.1 Å². The van der Waals surface area contributed by atoms with Gasteiger partial charge in [0, 0.05) is 0 Å². The van der Waals surface area contributed by atoms with E-state index in [1.165, 1.54) is 24.3 Å². The maximum atomic E-state index is 11.8. The third kappa shape index (κ3) is 3.25. The topological polar surface area (TPSA) is 105 Å². The van der Waals surface area contributed by atoms with Crippen molar-refractivity contribution in [1.29, 1.82) is 0 Å². The van der Waals surface area contributed by atoms with Crippen LogP contribution in [0.25, 0.3) is 10.8 Å². The van der Waals surface area contributed by atoms with Gasteiger partial charge in [-0.3, -0.25) is 0 Å². The normalized spacial score (nSPS) is 14.0. The molecule has 0 spiro atoms. The van der Waals surface area contributed by atoms with Crippen LogP contribution in [0.1, 0.15) is 41.4 Å². The van der Waals surface area contributed by atoms with Gasteiger partial charge in [-0.15, -0.1) is 0 Å². The van der Waals surface area contributed by atoms with Crippen molar-refractivity contribution in [3.63, 3.8) is 0 Å². The zero-order valence-corrected chi connectivity index (χ0v) is 17.2. The minimum atomic E-state index is -0.699. The minimum absolute atomic E-state index is 0.166. The highest BCUT2D eigenvalue weighted by Crippen LogP contribution is 2.33. The molecule has 2 heterocycles. The summed E-state index contributed by atoms with van der Waals surface area (Å²) >= 11 is 0. The average molecular weight is 452 g/mol. The molecule has 2 aliphatic rings. The van der Waals surface area contributed by atoms with E-state index in [4.69, 9.17) is 9.47 Å². The highest BCUT2D eigenvalue weighted by Gasteiger charge is 2.31. The summed E-state index contributed by atoms with van der Waals surface area (Å²) in [6, 6.07) is 20.0. The van der Waals surface area contributed by atoms with Crippen molar-refractivity contribution in [2.75, 3.05) is 0 Å². The van der Waals surface area contributed by atoms with Crippen LogP contribution < -0.4 is 9.47 Å². The molecule has 8 heteroatoms. The summed E-state index contributed by atoms with van der Waals surface area (Å²) in [7, 11) is 0. The first kappa shape index (κ1) is 19.7. The van der Waals surface area contributed by atoms with Gasteiger partial charge in [-0.1, -0.05) is 12.1 Å². The van der Waals surface area contributed by atoms with Gasteiger partial charge in [0.15, 0.2) is 0 Å². The van der Waals surface area contributed by atoms with E-state index in [-0.39, 0.29) is 22.3 Å². The summed E-state index contributed by atoms with van der Waals surface area (Å²) in [5, 5.41) is 1.76. The Morgan fingerprint density at radius 1 is 0.412 bits per heavy atom. The largest absolute Gasteiger partial charge is 0.457 e. The second-order valence-electron chi connectivity index (χ2n) is 7.64. The lowest BCUT2D eigenvalue weighted by Gasteiger charge is -2.10. The molecule has 0 fully saturated rings. The van der Waals surface area contributed by atoms with E-state index in [1.807, 2.05) is 12.1 Å². The first-order valence-electron chi connectivity index (χ1n) is 10.2. The maximum Gasteiger partial charge on any atom is 0.347 e. The first-order valence-corrected chi connectivity index (χ1v) is 10.2. The van der Waals surface area contributed by atoms with Crippen LogP contribution in [0.4, 0.5) is 0 Å². The lowest BCUT2D eigenvalue weighted by molar-refractivity contribution is 0.0425. The third-order valence-electron chi connectivity index (χ3n) is 5.49. The van der Waals surface area contributed by atoms with E-state index in [0.29, 0.717) is 23.0 Å². The van der Waals surface area contributed by atoms with Gasteiger partial charge in [-0.25, -0.2) is 19.2 Å². The van der Waals surface area contributed by atoms with E-state index in [9.17, 15) is 19.2 Å². The minimum Gasteiger partial charge on any atom is -0.457 e. The SMILES string of the molecule is O=C1OC(=O)c2cc(Oc3ccc4ccc(Oc5ccc6c(c5)C(=O)OC6=O)cc4c3)ccc21. The molecule has 0 unspecified atom stereocenters. The molecule has 0 aromatic heterocycles. The monoisotopic (exact) mass is 452 g/mol. The van der Waals surface area contributed by atoms with Crippen LogP contribution in [0.5, 0.6) is 23.0 Å². The van der Waals surface area contributed by atoms with E-state index >= 15 is 0 Å². The quantitative estimate of drug-likeness (QED) is 0.313. The number of cyclic esters (lactones) is 4. The summed E-state index contributed by atoms with van der Waals surface area (Å²) in [4.78, 5) is 46.8. The first-order chi connectivity index (χ1) is 16.4. The number of esters is 4. The van der Waals surface area contributed by atoms with Crippen molar-refractivity contribution >= 4 is 34.6 Å². The van der Waals surface area contributed by atoms with Crippen molar-refractivity contribution in [2.45, 2.75) is 0 Å². The number of ether oxygens (including phenoxy) is 4. The molecular formula is C26H12O8. The molecule has 34 heavy (non-hydrogen) atoms. The van der Waals surface area contributed by atoms with E-state index in [0.717, 1.165) is 10.8 Å². The molecule has 0 amide bonds. The molecule has 0 saturated heterocycles. The molecule has 2 aliphatic heterocycles. The van der Waals surface area contributed by atoms with Crippen LogP contribution in [0.3, 0.4) is 0 Å². The Hall–Kier alpha value is -4.98. The highest BCUT2D eigenvalue weighted by atomic mass is 16.6. The van der Waals surface area contributed by atoms with Crippen molar-refractivity contribution < 1.29 is 38.1 Å². The van der Waals surface area contributed by atoms with Gasteiger partial charge in [0.05, 0.1) is 22.3 Å². The molecule has 4 aromatic rings. The second-order valence-corrected chi connectivity index (χ2v) is 7.64. The van der Waals surface area contributed by atoms with Crippen molar-refractivity contribution in [3.8, 4) is 23.0 Å². The Morgan fingerprint density at radius 3 is 1.26 bits per heavy atom. The molecule has 0 aliphatic carbocycles. The van der Waals surface area contributed by atoms with Gasteiger partial charge in [0.2, 0.25) is 0 Å². The van der Waals surface area contributed by atoms with Crippen LogP contribution in [-0.4, -0.2) is 23.9 Å². The lowest BCUT2D eigenvalue weighted by Crippen LogP contribution is -1.96. The zero-order chi connectivity index (χ0) is 23.4. The van der Waals surface area contributed by atoms with Crippen LogP contribution in [0.2, 0.25) is 0 Å². The number of benzene rings is 4. The predicted molar refractivity (Wildman–Crippen MR) is 116 cm³/mol. The van der Waals surface area contributed by atoms with Gasteiger partial charge < -0.3 is 18.9 Å². The number of rotatable bonds is 4. The van der Waals surface area contributed by atoms with Crippen LogP contribution in [0.15, 0.2) is 72.8 Å². The Kier molecular flexibility index (Phi) is 4.21. The molecule has 0 N–H and O–H groups in total. The Balaban J connectivity index is 1.27. The number of carbonyl (C=O) groups is 4. The van der Waals surface area contributed by atoms with Crippen LogP contribution in [0, 0.1) is 0 Å². The fourth-order valence-corrected chi connectivity index (χ4v) is 3.86. The fraction of sp³-hybridized carbons (Fsp3) is 0. The Labute approximate surface area is 191 Å². The molecule has 0 bridgehead atoms. The Bertz CT molecular complexity index is 1470. The van der Waals surface area contributed by atoms with Crippen molar-refractivity contribution in [1.82, 2.24) is 0 Å².